The van der Waals surface area contributed by atoms with Crippen LogP contribution < -0.4 is 19.7 Å². The van der Waals surface area contributed by atoms with Crippen LogP contribution in [0, 0.1) is 0 Å². The first-order valence-corrected chi connectivity index (χ1v) is 9.54. The average Bonchev–Trinajstić information content (AvgIpc) is 2.73. The second-order valence-corrected chi connectivity index (χ2v) is 6.92. The summed E-state index contributed by atoms with van der Waals surface area (Å²) in [7, 11) is 1.44. The predicted molar refractivity (Wildman–Crippen MR) is 108 cm³/mol. The van der Waals surface area contributed by atoms with Gasteiger partial charge in [-0.15, -0.1) is 13.2 Å². The third-order valence-corrected chi connectivity index (χ3v) is 4.54. The molecule has 3 amide bonds. The summed E-state index contributed by atoms with van der Waals surface area (Å²) in [6, 6.07) is 11.6. The number of hydrogen-bond donors (Lipinski definition) is 1. The van der Waals surface area contributed by atoms with Crippen molar-refractivity contribution in [2.45, 2.75) is 12.8 Å². The summed E-state index contributed by atoms with van der Waals surface area (Å²) in [4.78, 5) is 39.4. The fourth-order valence-electron chi connectivity index (χ4n) is 3.04. The second-order valence-electron chi connectivity index (χ2n) is 6.92. The molecule has 0 saturated carbocycles. The SMILES string of the molecule is CN(CC(=O)Nc1ccc(OC(F)(F)F)cc1)C(=O)CCN1C(=O)COc2ccccc21. The molecule has 3 rings (SSSR count). The summed E-state index contributed by atoms with van der Waals surface area (Å²) in [6.07, 6.45) is -4.81. The molecular formula is C21H20F3N3O5. The van der Waals surface area contributed by atoms with Crippen molar-refractivity contribution in [3.8, 4) is 11.5 Å². The van der Waals surface area contributed by atoms with Gasteiger partial charge in [-0.2, -0.15) is 0 Å². The highest BCUT2D eigenvalue weighted by molar-refractivity contribution is 5.98. The van der Waals surface area contributed by atoms with Gasteiger partial charge in [0.25, 0.3) is 5.91 Å². The highest BCUT2D eigenvalue weighted by Crippen LogP contribution is 2.31. The zero-order valence-electron chi connectivity index (χ0n) is 17.0. The number of carbonyl (C=O) groups excluding carboxylic acids is 3. The van der Waals surface area contributed by atoms with E-state index in [1.165, 1.54) is 29.0 Å². The van der Waals surface area contributed by atoms with Crippen LogP contribution in [0.5, 0.6) is 11.5 Å². The third kappa shape index (κ3) is 6.13. The average molecular weight is 451 g/mol. The minimum Gasteiger partial charge on any atom is -0.482 e. The molecule has 2 aromatic rings. The number of nitrogens with one attached hydrogen (secondary N) is 1. The molecule has 0 aromatic heterocycles. The number of amides is 3. The van der Waals surface area contributed by atoms with E-state index >= 15 is 0 Å². The van der Waals surface area contributed by atoms with Gasteiger partial charge in [-0.3, -0.25) is 14.4 Å². The van der Waals surface area contributed by atoms with Crippen molar-refractivity contribution in [2.75, 3.05) is 37.0 Å². The van der Waals surface area contributed by atoms with Crippen LogP contribution in [0.3, 0.4) is 0 Å². The number of rotatable bonds is 7. The van der Waals surface area contributed by atoms with Gasteiger partial charge >= 0.3 is 6.36 Å². The van der Waals surface area contributed by atoms with Crippen molar-refractivity contribution >= 4 is 29.1 Å². The molecule has 8 nitrogen and oxygen atoms in total. The second kappa shape index (κ2) is 9.58. The first kappa shape index (κ1) is 22.9. The number of benzene rings is 2. The largest absolute Gasteiger partial charge is 0.573 e. The molecule has 0 radical (unpaired) electrons. The first-order valence-electron chi connectivity index (χ1n) is 9.54. The van der Waals surface area contributed by atoms with Crippen LogP contribution in [0.25, 0.3) is 0 Å². The molecule has 0 bridgehead atoms. The number of likely N-dealkylation sites (N-methyl/N-ethyl adjacent to an activating group) is 1. The molecule has 0 fully saturated rings. The summed E-state index contributed by atoms with van der Waals surface area (Å²) in [5, 5.41) is 2.49. The zero-order chi connectivity index (χ0) is 23.3. The molecule has 11 heteroatoms. The van der Waals surface area contributed by atoms with Gasteiger partial charge in [-0.1, -0.05) is 12.1 Å². The normalized spacial score (nSPS) is 13.1. The van der Waals surface area contributed by atoms with Crippen molar-refractivity contribution in [3.63, 3.8) is 0 Å². The quantitative estimate of drug-likeness (QED) is 0.700. The van der Waals surface area contributed by atoms with Crippen molar-refractivity contribution < 1.29 is 37.0 Å². The monoisotopic (exact) mass is 451 g/mol. The van der Waals surface area contributed by atoms with E-state index in [1.54, 1.807) is 24.3 Å². The predicted octanol–water partition coefficient (Wildman–Crippen LogP) is 2.80. The molecule has 170 valence electrons. The minimum atomic E-state index is -4.80. The van der Waals surface area contributed by atoms with Gasteiger partial charge < -0.3 is 24.6 Å². The van der Waals surface area contributed by atoms with Crippen LogP contribution in [-0.4, -0.2) is 55.7 Å². The smallest absolute Gasteiger partial charge is 0.482 e. The number of para-hydroxylation sites is 2. The number of fused-ring (bicyclic) bond motifs is 1. The summed E-state index contributed by atoms with van der Waals surface area (Å²) in [5.41, 5.74) is 0.829. The van der Waals surface area contributed by atoms with Gasteiger partial charge in [0.05, 0.1) is 12.2 Å². The lowest BCUT2D eigenvalue weighted by molar-refractivity contribution is -0.274. The van der Waals surface area contributed by atoms with E-state index in [4.69, 9.17) is 4.74 Å². The summed E-state index contributed by atoms with van der Waals surface area (Å²) < 4.78 is 45.7. The van der Waals surface area contributed by atoms with E-state index in [9.17, 15) is 27.6 Å². The van der Waals surface area contributed by atoms with Gasteiger partial charge in [0, 0.05) is 25.7 Å². The molecule has 0 unspecified atom stereocenters. The maximum atomic E-state index is 12.4. The van der Waals surface area contributed by atoms with Crippen LogP contribution in [0.1, 0.15) is 6.42 Å². The number of carbonyl (C=O) groups is 3. The molecule has 0 saturated heterocycles. The van der Waals surface area contributed by atoms with E-state index in [0.717, 1.165) is 12.1 Å². The maximum Gasteiger partial charge on any atom is 0.573 e. The molecule has 32 heavy (non-hydrogen) atoms. The Morgan fingerprint density at radius 2 is 1.84 bits per heavy atom. The Bertz CT molecular complexity index is 995. The number of alkyl halides is 3. The number of nitrogens with zero attached hydrogens (tertiary/aromatic N) is 2. The third-order valence-electron chi connectivity index (χ3n) is 4.54. The van der Waals surface area contributed by atoms with Crippen molar-refractivity contribution in [3.05, 3.63) is 48.5 Å². The van der Waals surface area contributed by atoms with E-state index in [1.807, 2.05) is 0 Å². The molecule has 0 spiro atoms. The fraction of sp³-hybridized carbons (Fsp3) is 0.286. The van der Waals surface area contributed by atoms with Crippen LogP contribution in [0.4, 0.5) is 24.5 Å². The molecular weight excluding hydrogens is 431 g/mol. The maximum absolute atomic E-state index is 12.4. The van der Waals surface area contributed by atoms with Gasteiger partial charge in [0.1, 0.15) is 11.5 Å². The lowest BCUT2D eigenvalue weighted by atomic mass is 10.2. The molecule has 0 atom stereocenters. The highest BCUT2D eigenvalue weighted by Gasteiger charge is 2.31. The van der Waals surface area contributed by atoms with Gasteiger partial charge in [0.15, 0.2) is 6.61 Å². The van der Waals surface area contributed by atoms with Gasteiger partial charge in [0.2, 0.25) is 11.8 Å². The number of halogens is 3. The fourth-order valence-corrected chi connectivity index (χ4v) is 3.04. The van der Waals surface area contributed by atoms with Crippen LogP contribution in [-0.2, 0) is 14.4 Å². The topological polar surface area (TPSA) is 88.2 Å². The molecule has 1 heterocycles. The van der Waals surface area contributed by atoms with Crippen molar-refractivity contribution in [2.24, 2.45) is 0 Å². The summed E-state index contributed by atoms with van der Waals surface area (Å²) in [6.45, 7) is -0.256. The van der Waals surface area contributed by atoms with E-state index in [2.05, 4.69) is 10.1 Å². The summed E-state index contributed by atoms with van der Waals surface area (Å²) >= 11 is 0. The van der Waals surface area contributed by atoms with Gasteiger partial charge in [-0.25, -0.2) is 0 Å². The molecule has 1 N–H and O–H groups in total. The van der Waals surface area contributed by atoms with E-state index in [0.29, 0.717) is 11.4 Å². The standard InChI is InChI=1S/C21H20F3N3O5/c1-26(12-18(28)25-14-6-8-15(9-7-14)32-21(22,23)24)19(29)10-11-27-16-4-2-3-5-17(16)31-13-20(27)30/h2-9H,10-13H2,1H3,(H,25,28). The Morgan fingerprint density at radius 1 is 1.16 bits per heavy atom. The van der Waals surface area contributed by atoms with Crippen molar-refractivity contribution in [1.82, 2.24) is 4.90 Å². The highest BCUT2D eigenvalue weighted by atomic mass is 19.4. The first-order chi connectivity index (χ1) is 15.1. The van der Waals surface area contributed by atoms with E-state index in [-0.39, 0.29) is 43.6 Å². The Hall–Kier alpha value is -3.76. The number of anilines is 2. The lowest BCUT2D eigenvalue weighted by Crippen LogP contribution is -2.42. The van der Waals surface area contributed by atoms with E-state index < -0.39 is 18.0 Å². The van der Waals surface area contributed by atoms with Crippen LogP contribution in [0.15, 0.2) is 48.5 Å². The van der Waals surface area contributed by atoms with Crippen LogP contribution in [0.2, 0.25) is 0 Å². The number of hydrogen-bond acceptors (Lipinski definition) is 5. The van der Waals surface area contributed by atoms with Crippen LogP contribution >= 0.6 is 0 Å². The molecule has 1 aliphatic heterocycles. The zero-order valence-corrected chi connectivity index (χ0v) is 17.0. The number of ether oxygens (including phenoxy) is 2. The molecule has 0 aliphatic carbocycles. The Labute approximate surface area is 181 Å². The van der Waals surface area contributed by atoms with Crippen molar-refractivity contribution in [1.29, 1.82) is 0 Å². The van der Waals surface area contributed by atoms with Gasteiger partial charge in [-0.05, 0) is 36.4 Å². The minimum absolute atomic E-state index is 0.00661. The summed E-state index contributed by atoms with van der Waals surface area (Å²) in [5.74, 6) is -1.01. The molecule has 2 aromatic carbocycles. The Kier molecular flexibility index (Phi) is 6.86. The Balaban J connectivity index is 1.49. The molecule has 1 aliphatic rings. The lowest BCUT2D eigenvalue weighted by Gasteiger charge is -2.29. The Morgan fingerprint density at radius 3 is 2.53 bits per heavy atom.